The molecule has 1 heterocycles. The van der Waals surface area contributed by atoms with E-state index in [2.05, 4.69) is 5.32 Å². The monoisotopic (exact) mass is 358 g/mol. The second-order valence-electron chi connectivity index (χ2n) is 6.85. The Balaban J connectivity index is 2.06. The summed E-state index contributed by atoms with van der Waals surface area (Å²) in [6, 6.07) is 4.64. The Kier molecular flexibility index (Phi) is 5.41. The molecule has 1 aromatic rings. The first-order chi connectivity index (χ1) is 11.5. The van der Waals surface area contributed by atoms with Crippen molar-refractivity contribution in [1.82, 2.24) is 10.2 Å². The molecule has 2 amide bonds. The number of nitrogens with zero attached hydrogens (tertiary/aromatic N) is 1. The van der Waals surface area contributed by atoms with E-state index >= 15 is 0 Å². The van der Waals surface area contributed by atoms with Gasteiger partial charge in [-0.1, -0.05) is 18.2 Å². The van der Waals surface area contributed by atoms with E-state index < -0.39 is 29.1 Å². The first-order valence-electron chi connectivity index (χ1n) is 7.89. The summed E-state index contributed by atoms with van der Waals surface area (Å²) in [5, 5.41) is 11.9. The maximum Gasteiger partial charge on any atom is 0.416 e. The minimum atomic E-state index is -4.49. The highest BCUT2D eigenvalue weighted by molar-refractivity contribution is 5.85. The first kappa shape index (κ1) is 19.2. The van der Waals surface area contributed by atoms with E-state index in [-0.39, 0.29) is 37.6 Å². The molecule has 2 rings (SSSR count). The lowest BCUT2D eigenvalue weighted by Gasteiger charge is -2.24. The molecule has 0 spiro atoms. The highest BCUT2D eigenvalue weighted by Gasteiger charge is 2.37. The molecule has 0 saturated carbocycles. The van der Waals surface area contributed by atoms with Gasteiger partial charge in [-0.2, -0.15) is 13.2 Å². The van der Waals surface area contributed by atoms with Crippen molar-refractivity contribution >= 4 is 11.8 Å². The number of rotatable bonds is 5. The lowest BCUT2D eigenvalue weighted by Crippen LogP contribution is -2.45. The van der Waals surface area contributed by atoms with Crippen molar-refractivity contribution in [3.05, 3.63) is 35.4 Å². The molecule has 25 heavy (non-hydrogen) atoms. The van der Waals surface area contributed by atoms with Crippen LogP contribution in [0.1, 0.15) is 31.4 Å². The molecule has 1 aliphatic heterocycles. The molecule has 1 fully saturated rings. The molecule has 1 aromatic carbocycles. The van der Waals surface area contributed by atoms with Gasteiger partial charge in [0.2, 0.25) is 11.8 Å². The number of carbonyl (C=O) groups is 2. The van der Waals surface area contributed by atoms with E-state index in [9.17, 15) is 27.9 Å². The van der Waals surface area contributed by atoms with Crippen LogP contribution in [0.5, 0.6) is 0 Å². The molecule has 0 aliphatic carbocycles. The molecule has 1 saturated heterocycles. The number of nitrogens with one attached hydrogen (secondary N) is 1. The highest BCUT2D eigenvalue weighted by Crippen LogP contribution is 2.33. The zero-order chi connectivity index (χ0) is 18.8. The molecule has 0 bridgehead atoms. The summed E-state index contributed by atoms with van der Waals surface area (Å²) < 4.78 is 39.2. The molecule has 1 aliphatic rings. The van der Waals surface area contributed by atoms with E-state index in [1.807, 2.05) is 0 Å². The zero-order valence-electron chi connectivity index (χ0n) is 14.1. The number of benzene rings is 1. The Morgan fingerprint density at radius 2 is 1.96 bits per heavy atom. The van der Waals surface area contributed by atoms with Crippen LogP contribution in [0.2, 0.25) is 0 Å². The number of aliphatic hydroxyl groups excluding tert-OH is 1. The fourth-order valence-corrected chi connectivity index (χ4v) is 2.61. The zero-order valence-corrected chi connectivity index (χ0v) is 14.1. The second-order valence-corrected chi connectivity index (χ2v) is 6.85. The van der Waals surface area contributed by atoms with Gasteiger partial charge in [0.1, 0.15) is 0 Å². The number of carbonyl (C=O) groups excluding carboxylic acids is 2. The van der Waals surface area contributed by atoms with Gasteiger partial charge in [-0.3, -0.25) is 9.59 Å². The van der Waals surface area contributed by atoms with Gasteiger partial charge in [0, 0.05) is 19.5 Å². The van der Waals surface area contributed by atoms with Gasteiger partial charge in [-0.15, -0.1) is 0 Å². The van der Waals surface area contributed by atoms with Crippen LogP contribution < -0.4 is 5.32 Å². The molecule has 5 nitrogen and oxygen atoms in total. The van der Waals surface area contributed by atoms with E-state index in [0.717, 1.165) is 6.07 Å². The summed E-state index contributed by atoms with van der Waals surface area (Å²) in [5.74, 6) is -0.713. The van der Waals surface area contributed by atoms with Crippen molar-refractivity contribution in [2.24, 2.45) is 5.41 Å². The van der Waals surface area contributed by atoms with Crippen LogP contribution in [-0.4, -0.2) is 41.0 Å². The average molecular weight is 358 g/mol. The Morgan fingerprint density at radius 1 is 1.32 bits per heavy atom. The summed E-state index contributed by atoms with van der Waals surface area (Å²) in [6.07, 6.45) is -4.46. The van der Waals surface area contributed by atoms with Crippen molar-refractivity contribution in [2.75, 3.05) is 13.2 Å². The molecule has 0 radical (unpaired) electrons. The number of alkyl halides is 3. The fraction of sp³-hybridized carbons (Fsp3) is 0.529. The summed E-state index contributed by atoms with van der Waals surface area (Å²) in [6.45, 7) is 2.76. The third-order valence-electron chi connectivity index (χ3n) is 4.24. The van der Waals surface area contributed by atoms with Gasteiger partial charge < -0.3 is 15.3 Å². The van der Waals surface area contributed by atoms with Gasteiger partial charge in [0.15, 0.2) is 0 Å². The smallest absolute Gasteiger partial charge is 0.395 e. The number of aliphatic hydroxyl groups is 1. The quantitative estimate of drug-likeness (QED) is 0.845. The average Bonchev–Trinajstić information content (AvgIpc) is 2.86. The van der Waals surface area contributed by atoms with E-state index in [0.29, 0.717) is 0 Å². The summed E-state index contributed by atoms with van der Waals surface area (Å²) in [4.78, 5) is 25.5. The van der Waals surface area contributed by atoms with Gasteiger partial charge >= 0.3 is 6.18 Å². The fourth-order valence-electron chi connectivity index (χ4n) is 2.61. The molecular formula is C17H21F3N2O3. The molecule has 2 N–H and O–H groups in total. The predicted octanol–water partition coefficient (Wildman–Crippen LogP) is 1.94. The van der Waals surface area contributed by atoms with Crippen LogP contribution in [0.3, 0.4) is 0 Å². The van der Waals surface area contributed by atoms with Crippen molar-refractivity contribution in [3.8, 4) is 0 Å². The maximum atomic E-state index is 13.1. The number of likely N-dealkylation sites (tertiary alicyclic amines) is 1. The molecule has 138 valence electrons. The predicted molar refractivity (Wildman–Crippen MR) is 84.3 cm³/mol. The Bertz CT molecular complexity index is 659. The topological polar surface area (TPSA) is 69.6 Å². The molecule has 1 atom stereocenters. The Hall–Kier alpha value is -2.09. The third kappa shape index (κ3) is 4.50. The standard InChI is InChI=1S/C17H21F3N2O3/c1-16(2,10-23)15(25)21-12-7-14(24)22(9-12)8-11-5-3-4-6-13(11)17(18,19)20/h3-6,12,23H,7-10H2,1-2H3,(H,21,25). The summed E-state index contributed by atoms with van der Waals surface area (Å²) in [7, 11) is 0. The lowest BCUT2D eigenvalue weighted by atomic mass is 9.93. The van der Waals surface area contributed by atoms with Crippen molar-refractivity contribution in [3.63, 3.8) is 0 Å². The SMILES string of the molecule is CC(C)(CO)C(=O)NC1CC(=O)N(Cc2ccccc2C(F)(F)F)C1. The van der Waals surface area contributed by atoms with Gasteiger partial charge in [-0.05, 0) is 25.5 Å². The highest BCUT2D eigenvalue weighted by atomic mass is 19.4. The van der Waals surface area contributed by atoms with Crippen LogP contribution in [0.15, 0.2) is 24.3 Å². The lowest BCUT2D eigenvalue weighted by molar-refractivity contribution is -0.139. The number of hydrogen-bond donors (Lipinski definition) is 2. The van der Waals surface area contributed by atoms with E-state index in [1.54, 1.807) is 13.8 Å². The number of amides is 2. The third-order valence-corrected chi connectivity index (χ3v) is 4.24. The normalized spacial score (nSPS) is 18.6. The van der Waals surface area contributed by atoms with Gasteiger partial charge in [-0.25, -0.2) is 0 Å². The minimum absolute atomic E-state index is 0.0195. The molecule has 8 heteroatoms. The second kappa shape index (κ2) is 7.03. The van der Waals surface area contributed by atoms with Crippen molar-refractivity contribution in [2.45, 2.75) is 39.0 Å². The largest absolute Gasteiger partial charge is 0.416 e. The Morgan fingerprint density at radius 3 is 2.56 bits per heavy atom. The van der Waals surface area contributed by atoms with Gasteiger partial charge in [0.05, 0.1) is 23.6 Å². The van der Waals surface area contributed by atoms with Crippen LogP contribution in [0.25, 0.3) is 0 Å². The molecule has 1 unspecified atom stereocenters. The van der Waals surface area contributed by atoms with E-state index in [4.69, 9.17) is 0 Å². The first-order valence-corrected chi connectivity index (χ1v) is 7.89. The van der Waals surface area contributed by atoms with Crippen LogP contribution in [-0.2, 0) is 22.3 Å². The van der Waals surface area contributed by atoms with Crippen LogP contribution >= 0.6 is 0 Å². The maximum absolute atomic E-state index is 13.1. The minimum Gasteiger partial charge on any atom is -0.395 e. The molecule has 0 aromatic heterocycles. The summed E-state index contributed by atoms with van der Waals surface area (Å²) in [5.41, 5.74) is -1.73. The van der Waals surface area contributed by atoms with E-state index in [1.165, 1.54) is 23.1 Å². The van der Waals surface area contributed by atoms with Crippen LogP contribution in [0, 0.1) is 5.41 Å². The Labute approximate surface area is 143 Å². The van der Waals surface area contributed by atoms with Crippen molar-refractivity contribution < 1.29 is 27.9 Å². The van der Waals surface area contributed by atoms with Crippen LogP contribution in [0.4, 0.5) is 13.2 Å². The number of halogens is 3. The van der Waals surface area contributed by atoms with Gasteiger partial charge in [0.25, 0.3) is 0 Å². The molecular weight excluding hydrogens is 337 g/mol. The number of hydrogen-bond acceptors (Lipinski definition) is 3. The van der Waals surface area contributed by atoms with Crippen molar-refractivity contribution in [1.29, 1.82) is 0 Å². The summed E-state index contributed by atoms with van der Waals surface area (Å²) >= 11 is 0.